The van der Waals surface area contributed by atoms with Crippen molar-refractivity contribution in [2.24, 2.45) is 7.05 Å². The van der Waals surface area contributed by atoms with Crippen LogP contribution in [0.5, 0.6) is 11.5 Å². The molecule has 0 fully saturated rings. The third-order valence-corrected chi connectivity index (χ3v) is 4.47. The Balaban J connectivity index is 1.62. The van der Waals surface area contributed by atoms with E-state index in [1.165, 1.54) is 0 Å². The van der Waals surface area contributed by atoms with Gasteiger partial charge in [-0.15, -0.1) is 0 Å². The van der Waals surface area contributed by atoms with Crippen molar-refractivity contribution in [2.45, 2.75) is 0 Å². The number of nitrogens with zero attached hydrogens (tertiary/aromatic N) is 3. The van der Waals surface area contributed by atoms with Gasteiger partial charge in [0.15, 0.2) is 0 Å². The molecule has 0 radical (unpaired) electrons. The van der Waals surface area contributed by atoms with Crippen molar-refractivity contribution in [1.29, 1.82) is 0 Å². The van der Waals surface area contributed by atoms with Crippen molar-refractivity contribution < 1.29 is 9.47 Å². The van der Waals surface area contributed by atoms with Gasteiger partial charge in [0.05, 0.1) is 24.0 Å². The second-order valence-electron chi connectivity index (χ2n) is 6.42. The summed E-state index contributed by atoms with van der Waals surface area (Å²) in [6.07, 6.45) is 1.80. The molecule has 0 bridgehead atoms. The van der Waals surface area contributed by atoms with Crippen LogP contribution in [-0.2, 0) is 11.8 Å². The maximum absolute atomic E-state index is 5.94. The molecule has 6 heteroatoms. The van der Waals surface area contributed by atoms with Gasteiger partial charge in [-0.1, -0.05) is 30.3 Å². The van der Waals surface area contributed by atoms with E-state index in [4.69, 9.17) is 9.47 Å². The van der Waals surface area contributed by atoms with E-state index >= 15 is 0 Å². The molecular formula is C22H22N4O2. The number of anilines is 1. The van der Waals surface area contributed by atoms with Gasteiger partial charge in [0.2, 0.25) is 5.95 Å². The van der Waals surface area contributed by atoms with Gasteiger partial charge in [-0.05, 0) is 30.3 Å². The highest BCUT2D eigenvalue weighted by molar-refractivity contribution is 5.82. The van der Waals surface area contributed by atoms with Gasteiger partial charge in [-0.2, -0.15) is 0 Å². The first-order valence-corrected chi connectivity index (χ1v) is 9.13. The number of para-hydroxylation sites is 1. The second kappa shape index (κ2) is 8.10. The topological polar surface area (TPSA) is 61.2 Å². The van der Waals surface area contributed by atoms with E-state index in [0.29, 0.717) is 13.2 Å². The quantitative estimate of drug-likeness (QED) is 0.483. The van der Waals surface area contributed by atoms with Crippen LogP contribution in [-0.4, -0.2) is 34.8 Å². The Bertz CT molecular complexity index is 1080. The van der Waals surface area contributed by atoms with Crippen molar-refractivity contribution in [2.75, 3.05) is 25.6 Å². The van der Waals surface area contributed by atoms with Crippen LogP contribution in [0, 0.1) is 0 Å². The maximum Gasteiger partial charge on any atom is 0.203 e. The van der Waals surface area contributed by atoms with Crippen LogP contribution in [0.4, 0.5) is 5.95 Å². The number of rotatable bonds is 7. The first-order valence-electron chi connectivity index (χ1n) is 9.13. The highest BCUT2D eigenvalue weighted by Gasteiger charge is 2.10. The van der Waals surface area contributed by atoms with Crippen molar-refractivity contribution in [1.82, 2.24) is 14.5 Å². The molecule has 4 rings (SSSR count). The first kappa shape index (κ1) is 18.0. The summed E-state index contributed by atoms with van der Waals surface area (Å²) >= 11 is 0. The third kappa shape index (κ3) is 3.82. The van der Waals surface area contributed by atoms with Crippen LogP contribution in [0.15, 0.2) is 66.9 Å². The number of pyridine rings is 1. The summed E-state index contributed by atoms with van der Waals surface area (Å²) in [5.41, 5.74) is 3.73. The lowest BCUT2D eigenvalue weighted by atomic mass is 10.1. The summed E-state index contributed by atoms with van der Waals surface area (Å²) in [6, 6.07) is 19.7. The zero-order valence-electron chi connectivity index (χ0n) is 15.9. The average Bonchev–Trinajstić information content (AvgIpc) is 3.04. The van der Waals surface area contributed by atoms with Crippen molar-refractivity contribution in [3.8, 4) is 22.8 Å². The molecular weight excluding hydrogens is 352 g/mol. The highest BCUT2D eigenvalue weighted by atomic mass is 16.5. The molecule has 0 unspecified atom stereocenters. The Hall–Kier alpha value is -3.38. The number of hydrogen-bond acceptors (Lipinski definition) is 5. The Labute approximate surface area is 163 Å². The molecule has 142 valence electrons. The predicted molar refractivity (Wildman–Crippen MR) is 111 cm³/mol. The van der Waals surface area contributed by atoms with E-state index < -0.39 is 0 Å². The van der Waals surface area contributed by atoms with Crippen LogP contribution in [0.25, 0.3) is 22.3 Å². The van der Waals surface area contributed by atoms with Gasteiger partial charge in [0.1, 0.15) is 17.0 Å². The van der Waals surface area contributed by atoms with Gasteiger partial charge < -0.3 is 19.4 Å². The fourth-order valence-corrected chi connectivity index (χ4v) is 3.02. The van der Waals surface area contributed by atoms with Gasteiger partial charge in [0, 0.05) is 26.3 Å². The van der Waals surface area contributed by atoms with E-state index in [1.807, 2.05) is 72.3 Å². The molecule has 0 spiro atoms. The zero-order valence-corrected chi connectivity index (χ0v) is 15.9. The molecule has 0 atom stereocenters. The van der Waals surface area contributed by atoms with Crippen molar-refractivity contribution in [3.63, 3.8) is 0 Å². The Morgan fingerprint density at radius 3 is 2.64 bits per heavy atom. The summed E-state index contributed by atoms with van der Waals surface area (Å²) in [7, 11) is 3.67. The van der Waals surface area contributed by atoms with Crippen LogP contribution in [0.3, 0.4) is 0 Å². The molecule has 0 aliphatic carbocycles. The molecule has 2 aromatic heterocycles. The number of fused-ring (bicyclic) bond motifs is 1. The minimum absolute atomic E-state index is 0.626. The molecule has 0 aliphatic rings. The zero-order chi connectivity index (χ0) is 19.3. The Morgan fingerprint density at radius 2 is 1.82 bits per heavy atom. The van der Waals surface area contributed by atoms with Gasteiger partial charge in [0.25, 0.3) is 0 Å². The summed E-state index contributed by atoms with van der Waals surface area (Å²) in [5.74, 6) is 2.38. The Kier molecular flexibility index (Phi) is 5.21. The maximum atomic E-state index is 5.94. The molecule has 0 saturated heterocycles. The van der Waals surface area contributed by atoms with Gasteiger partial charge in [-0.25, -0.2) is 4.98 Å². The number of methoxy groups -OCH3 is 1. The van der Waals surface area contributed by atoms with Crippen molar-refractivity contribution in [3.05, 3.63) is 66.9 Å². The number of imidazole rings is 1. The van der Waals surface area contributed by atoms with Crippen LogP contribution >= 0.6 is 0 Å². The largest absolute Gasteiger partial charge is 0.457 e. The molecule has 2 aromatic carbocycles. The van der Waals surface area contributed by atoms with Gasteiger partial charge >= 0.3 is 0 Å². The molecule has 0 aliphatic heterocycles. The number of ether oxygens (including phenoxy) is 2. The molecule has 0 amide bonds. The van der Waals surface area contributed by atoms with E-state index in [-0.39, 0.29) is 0 Å². The number of hydrogen-bond donors (Lipinski definition) is 1. The van der Waals surface area contributed by atoms with Crippen LogP contribution in [0.1, 0.15) is 0 Å². The summed E-state index contributed by atoms with van der Waals surface area (Å²) in [4.78, 5) is 9.19. The lowest BCUT2D eigenvalue weighted by Crippen LogP contribution is -2.10. The fraction of sp³-hybridized carbons (Fsp3) is 0.182. The van der Waals surface area contributed by atoms with E-state index in [1.54, 1.807) is 13.3 Å². The molecule has 2 heterocycles. The summed E-state index contributed by atoms with van der Waals surface area (Å²) < 4.78 is 13.1. The fourth-order valence-electron chi connectivity index (χ4n) is 3.02. The summed E-state index contributed by atoms with van der Waals surface area (Å²) in [6.45, 7) is 1.33. The number of aryl methyl sites for hydroxylation is 1. The minimum Gasteiger partial charge on any atom is -0.457 e. The molecule has 1 N–H and O–H groups in total. The lowest BCUT2D eigenvalue weighted by Gasteiger charge is -2.08. The Morgan fingerprint density at radius 1 is 1.00 bits per heavy atom. The van der Waals surface area contributed by atoms with Crippen molar-refractivity contribution >= 4 is 17.0 Å². The second-order valence-corrected chi connectivity index (χ2v) is 6.42. The smallest absolute Gasteiger partial charge is 0.203 e. The molecule has 28 heavy (non-hydrogen) atoms. The van der Waals surface area contributed by atoms with Gasteiger partial charge in [-0.3, -0.25) is 4.98 Å². The first-order chi connectivity index (χ1) is 13.7. The number of benzene rings is 2. The average molecular weight is 374 g/mol. The molecule has 4 aromatic rings. The van der Waals surface area contributed by atoms with E-state index in [2.05, 4.69) is 15.3 Å². The standard InChI is InChI=1S/C22H22N4O2/c1-26-21-14-19(24-15-20(21)25-22(26)23-11-12-27-2)16-7-6-10-18(13-16)28-17-8-4-3-5-9-17/h3-10,13-15H,11-12H2,1-2H3,(H,23,25). The SMILES string of the molecule is COCCNc1nc2cnc(-c3cccc(Oc4ccccc4)c3)cc2n1C. The van der Waals surface area contributed by atoms with E-state index in [0.717, 1.165) is 39.7 Å². The monoisotopic (exact) mass is 374 g/mol. The van der Waals surface area contributed by atoms with Crippen LogP contribution < -0.4 is 10.1 Å². The minimum atomic E-state index is 0.626. The lowest BCUT2D eigenvalue weighted by molar-refractivity contribution is 0.210. The third-order valence-electron chi connectivity index (χ3n) is 4.47. The predicted octanol–water partition coefficient (Wildman–Crippen LogP) is 4.49. The molecule has 6 nitrogen and oxygen atoms in total. The molecule has 0 saturated carbocycles. The normalized spacial score (nSPS) is 10.9. The summed E-state index contributed by atoms with van der Waals surface area (Å²) in [5, 5.41) is 3.28. The van der Waals surface area contributed by atoms with Crippen LogP contribution in [0.2, 0.25) is 0 Å². The number of aromatic nitrogens is 3. The number of nitrogens with one attached hydrogen (secondary N) is 1. The highest BCUT2D eigenvalue weighted by Crippen LogP contribution is 2.28. The van der Waals surface area contributed by atoms with E-state index in [9.17, 15) is 0 Å².